The normalized spacial score (nSPS) is 12.1. The summed E-state index contributed by atoms with van der Waals surface area (Å²) < 4.78 is 30.8. The number of carboxylic acid groups (broad SMARTS) is 1. The van der Waals surface area contributed by atoms with Crippen LogP contribution in [0, 0.1) is 0 Å². The van der Waals surface area contributed by atoms with Crippen molar-refractivity contribution in [2.24, 2.45) is 0 Å². The van der Waals surface area contributed by atoms with E-state index in [-0.39, 0.29) is 30.5 Å². The Morgan fingerprint density at radius 2 is 1.62 bits per heavy atom. The number of sulfonamides is 1. The largest absolute Gasteiger partial charge is 0.490 e. The van der Waals surface area contributed by atoms with Crippen molar-refractivity contribution >= 4 is 22.0 Å². The zero-order chi connectivity index (χ0) is 28.6. The van der Waals surface area contributed by atoms with E-state index in [9.17, 15) is 28.2 Å². The van der Waals surface area contributed by atoms with Crippen molar-refractivity contribution in [3.05, 3.63) is 89.5 Å². The van der Waals surface area contributed by atoms with Crippen molar-refractivity contribution in [2.45, 2.75) is 38.9 Å². The highest BCUT2D eigenvalue weighted by Gasteiger charge is 2.19. The third-order valence-corrected chi connectivity index (χ3v) is 6.45. The van der Waals surface area contributed by atoms with Gasteiger partial charge in [0.1, 0.15) is 5.75 Å². The molecule has 0 saturated heterocycles. The number of aliphatic hydroxyl groups is 1. The van der Waals surface area contributed by atoms with Gasteiger partial charge >= 0.3 is 6.09 Å². The molecule has 3 rings (SSSR count). The van der Waals surface area contributed by atoms with Crippen LogP contribution in [0.1, 0.15) is 47.9 Å². The van der Waals surface area contributed by atoms with Gasteiger partial charge in [-0.25, -0.2) is 17.9 Å². The van der Waals surface area contributed by atoms with E-state index in [0.29, 0.717) is 18.4 Å². The molecule has 0 unspecified atom stereocenters. The molecule has 9 nitrogen and oxygen atoms in total. The van der Waals surface area contributed by atoms with Gasteiger partial charge in [0.05, 0.1) is 30.6 Å². The van der Waals surface area contributed by atoms with Crippen LogP contribution in [-0.2, 0) is 16.4 Å². The molecule has 1 atom stereocenters. The van der Waals surface area contributed by atoms with Crippen molar-refractivity contribution in [3.8, 4) is 16.9 Å². The Bertz CT molecular complexity index is 1370. The molecule has 0 bridgehead atoms. The second-order valence-electron chi connectivity index (χ2n) is 9.54. The van der Waals surface area contributed by atoms with E-state index in [0.717, 1.165) is 22.9 Å². The number of carbonyl (C=O) groups is 2. The van der Waals surface area contributed by atoms with Gasteiger partial charge in [-0.15, -0.1) is 0 Å². The zero-order valence-electron chi connectivity index (χ0n) is 22.2. The van der Waals surface area contributed by atoms with Crippen LogP contribution < -0.4 is 9.46 Å². The summed E-state index contributed by atoms with van der Waals surface area (Å²) in [6.07, 6.45) is -0.0477. The SMILES string of the molecule is CC(C)Oc1cc(-c2ccc(CCCN(C[C@@H](O)c3ccccc3)C(=O)O)cc2)ccc1C(=O)NS(C)(=O)=O. The number of amides is 2. The summed E-state index contributed by atoms with van der Waals surface area (Å²) in [4.78, 5) is 25.4. The van der Waals surface area contributed by atoms with Crippen LogP contribution in [0.15, 0.2) is 72.8 Å². The minimum absolute atomic E-state index is 0.00271. The molecule has 39 heavy (non-hydrogen) atoms. The van der Waals surface area contributed by atoms with Crippen molar-refractivity contribution in [3.63, 3.8) is 0 Å². The minimum Gasteiger partial charge on any atom is -0.490 e. The maximum absolute atomic E-state index is 12.5. The van der Waals surface area contributed by atoms with Crippen LogP contribution in [0.25, 0.3) is 11.1 Å². The Balaban J connectivity index is 1.65. The van der Waals surface area contributed by atoms with Gasteiger partial charge in [-0.2, -0.15) is 0 Å². The predicted molar refractivity (Wildman–Crippen MR) is 149 cm³/mol. The first-order chi connectivity index (χ1) is 18.4. The molecule has 3 aromatic carbocycles. The molecule has 0 aliphatic heterocycles. The molecule has 208 valence electrons. The molecule has 2 amide bonds. The van der Waals surface area contributed by atoms with Crippen molar-refractivity contribution in [1.82, 2.24) is 9.62 Å². The smallest absolute Gasteiger partial charge is 0.407 e. The summed E-state index contributed by atoms with van der Waals surface area (Å²) in [5.74, 6) is -0.485. The summed E-state index contributed by atoms with van der Waals surface area (Å²) in [7, 11) is -3.72. The monoisotopic (exact) mass is 554 g/mol. The Labute approximate surface area is 229 Å². The standard InChI is InChI=1S/C29H34N2O7S/c1-20(2)38-27-18-24(15-16-25(27)28(33)30-39(3,36)37)22-13-11-21(12-14-22)8-7-17-31(29(34)35)19-26(32)23-9-5-4-6-10-23/h4-6,9-16,18,20,26,32H,7-8,17,19H2,1-3H3,(H,30,33)(H,34,35)/t26-/m1/s1. The van der Waals surface area contributed by atoms with Gasteiger partial charge in [0, 0.05) is 6.54 Å². The lowest BCUT2D eigenvalue weighted by molar-refractivity contribution is 0.0961. The molecule has 0 heterocycles. The van der Waals surface area contributed by atoms with Crippen LogP contribution >= 0.6 is 0 Å². The number of aryl methyl sites for hydroxylation is 1. The number of aliphatic hydroxyl groups excluding tert-OH is 1. The lowest BCUT2D eigenvalue weighted by Crippen LogP contribution is -2.34. The molecule has 0 radical (unpaired) electrons. The summed E-state index contributed by atoms with van der Waals surface area (Å²) in [6.45, 7) is 3.91. The van der Waals surface area contributed by atoms with E-state index in [1.807, 2.05) is 48.9 Å². The molecular weight excluding hydrogens is 520 g/mol. The Morgan fingerprint density at radius 3 is 2.21 bits per heavy atom. The van der Waals surface area contributed by atoms with Crippen LogP contribution in [0.4, 0.5) is 4.79 Å². The van der Waals surface area contributed by atoms with E-state index < -0.39 is 28.1 Å². The Morgan fingerprint density at radius 1 is 0.974 bits per heavy atom. The van der Waals surface area contributed by atoms with Crippen molar-refractivity contribution in [2.75, 3.05) is 19.3 Å². The third kappa shape index (κ3) is 9.12. The highest BCUT2D eigenvalue weighted by molar-refractivity contribution is 7.89. The third-order valence-electron chi connectivity index (χ3n) is 5.90. The first-order valence-electron chi connectivity index (χ1n) is 12.6. The fourth-order valence-electron chi connectivity index (χ4n) is 4.06. The van der Waals surface area contributed by atoms with Crippen LogP contribution in [0.2, 0.25) is 0 Å². The quantitative estimate of drug-likeness (QED) is 0.301. The molecule has 0 aliphatic rings. The lowest BCUT2D eigenvalue weighted by Gasteiger charge is -2.22. The average Bonchev–Trinajstić information content (AvgIpc) is 2.87. The van der Waals surface area contributed by atoms with Crippen LogP contribution in [-0.4, -0.2) is 61.0 Å². The molecule has 0 aliphatic carbocycles. The molecule has 10 heteroatoms. The first kappa shape index (κ1) is 29.7. The average molecular weight is 555 g/mol. The second-order valence-corrected chi connectivity index (χ2v) is 11.3. The maximum Gasteiger partial charge on any atom is 0.407 e. The van der Waals surface area contributed by atoms with Crippen molar-refractivity contribution < 1.29 is 33.0 Å². The molecule has 0 fully saturated rings. The van der Waals surface area contributed by atoms with Gasteiger partial charge in [0.25, 0.3) is 5.91 Å². The number of carbonyl (C=O) groups excluding carboxylic acids is 1. The van der Waals surface area contributed by atoms with Gasteiger partial charge < -0.3 is 19.8 Å². The summed E-state index contributed by atoms with van der Waals surface area (Å²) in [5, 5.41) is 20.0. The van der Waals surface area contributed by atoms with Crippen molar-refractivity contribution in [1.29, 1.82) is 0 Å². The van der Waals surface area contributed by atoms with E-state index in [1.165, 1.54) is 11.0 Å². The maximum atomic E-state index is 12.5. The number of hydrogen-bond donors (Lipinski definition) is 3. The van der Waals surface area contributed by atoms with Crippen LogP contribution in [0.5, 0.6) is 5.75 Å². The first-order valence-corrected chi connectivity index (χ1v) is 14.4. The number of hydrogen-bond acceptors (Lipinski definition) is 6. The highest BCUT2D eigenvalue weighted by Crippen LogP contribution is 2.29. The molecule has 0 spiro atoms. The number of ether oxygens (including phenoxy) is 1. The van der Waals surface area contributed by atoms with E-state index >= 15 is 0 Å². The topological polar surface area (TPSA) is 133 Å². The fraction of sp³-hybridized carbons (Fsp3) is 0.310. The Kier molecular flexibility index (Phi) is 10.1. The van der Waals surface area contributed by atoms with E-state index in [4.69, 9.17) is 4.74 Å². The predicted octanol–water partition coefficient (Wildman–Crippen LogP) is 4.48. The molecule has 3 N–H and O–H groups in total. The summed E-state index contributed by atoms with van der Waals surface area (Å²) in [6, 6.07) is 21.7. The van der Waals surface area contributed by atoms with Gasteiger partial charge in [-0.1, -0.05) is 60.7 Å². The van der Waals surface area contributed by atoms with Gasteiger partial charge in [-0.05, 0) is 61.1 Å². The molecule has 0 saturated carbocycles. The lowest BCUT2D eigenvalue weighted by atomic mass is 10.00. The number of nitrogens with one attached hydrogen (secondary N) is 1. The number of rotatable bonds is 12. The Hall–Kier alpha value is -3.89. The van der Waals surface area contributed by atoms with Gasteiger partial charge in [-0.3, -0.25) is 4.79 Å². The van der Waals surface area contributed by atoms with Gasteiger partial charge in [0.15, 0.2) is 0 Å². The number of benzene rings is 3. The van der Waals surface area contributed by atoms with E-state index in [2.05, 4.69) is 0 Å². The highest BCUT2D eigenvalue weighted by atomic mass is 32.2. The van der Waals surface area contributed by atoms with Crippen LogP contribution in [0.3, 0.4) is 0 Å². The molecular formula is C29H34N2O7S. The second kappa shape index (κ2) is 13.3. The molecule has 3 aromatic rings. The summed E-state index contributed by atoms with van der Waals surface area (Å²) >= 11 is 0. The van der Waals surface area contributed by atoms with Gasteiger partial charge in [0.2, 0.25) is 10.0 Å². The molecule has 0 aromatic heterocycles. The number of nitrogens with zero attached hydrogens (tertiary/aromatic N) is 1. The zero-order valence-corrected chi connectivity index (χ0v) is 23.0. The summed E-state index contributed by atoms with van der Waals surface area (Å²) in [5.41, 5.74) is 3.48. The fourth-order valence-corrected chi connectivity index (χ4v) is 4.50. The minimum atomic E-state index is -3.72. The van der Waals surface area contributed by atoms with E-state index in [1.54, 1.807) is 36.4 Å².